The van der Waals surface area contributed by atoms with Crippen molar-refractivity contribution in [2.24, 2.45) is 0 Å². The number of nitrogens with two attached hydrogens (primary N) is 1. The fraction of sp³-hybridized carbons (Fsp3) is 0.600. The second-order valence-electron chi connectivity index (χ2n) is 4.66. The molecule has 0 aliphatic carbocycles. The minimum absolute atomic E-state index is 0.0811. The Morgan fingerprint density at radius 2 is 2.29 bits per heavy atom. The van der Waals surface area contributed by atoms with Crippen molar-refractivity contribution in [1.29, 1.82) is 0 Å². The Balaban J connectivity index is 2.00. The molecule has 2 heterocycles. The number of hydrogen-bond donors (Lipinski definition) is 4. The highest BCUT2D eigenvalue weighted by atomic mass is 31.2. The number of rotatable bonds is 4. The van der Waals surface area contributed by atoms with Gasteiger partial charge in [-0.1, -0.05) is 0 Å². The summed E-state index contributed by atoms with van der Waals surface area (Å²) >= 11 is 0. The van der Waals surface area contributed by atoms with Crippen molar-refractivity contribution in [3.05, 3.63) is 22.7 Å². The Morgan fingerprint density at radius 3 is 2.86 bits per heavy atom. The van der Waals surface area contributed by atoms with E-state index in [1.807, 2.05) is 0 Å². The lowest BCUT2D eigenvalue weighted by atomic mass is 10.0. The van der Waals surface area contributed by atoms with E-state index in [1.54, 1.807) is 0 Å². The minimum Gasteiger partial charge on any atom is -0.390 e. The van der Waals surface area contributed by atoms with Crippen LogP contribution in [0.2, 0.25) is 0 Å². The highest BCUT2D eigenvalue weighted by Gasteiger charge is 2.33. The molecule has 0 spiro atoms. The first-order valence-corrected chi connectivity index (χ1v) is 7.64. The van der Waals surface area contributed by atoms with E-state index in [9.17, 15) is 14.5 Å². The van der Waals surface area contributed by atoms with Crippen molar-refractivity contribution in [2.45, 2.75) is 24.7 Å². The van der Waals surface area contributed by atoms with E-state index in [-0.39, 0.29) is 18.8 Å². The summed E-state index contributed by atoms with van der Waals surface area (Å²) in [6.45, 7) is -0.356. The molecular weight excluding hydrogens is 305 g/mol. The predicted molar refractivity (Wildman–Crippen MR) is 70.3 cm³/mol. The van der Waals surface area contributed by atoms with Gasteiger partial charge in [-0.15, -0.1) is 0 Å². The first kappa shape index (κ1) is 16.1. The third-order valence-corrected chi connectivity index (χ3v) is 3.58. The van der Waals surface area contributed by atoms with E-state index in [1.165, 1.54) is 16.8 Å². The number of aliphatic hydroxyl groups is 1. The number of aromatic nitrogens is 2. The van der Waals surface area contributed by atoms with Crippen LogP contribution in [-0.4, -0.2) is 49.9 Å². The van der Waals surface area contributed by atoms with Crippen LogP contribution in [-0.2, 0) is 13.8 Å². The van der Waals surface area contributed by atoms with Crippen molar-refractivity contribution in [3.8, 4) is 0 Å². The number of ether oxygens (including phenoxy) is 1. The molecule has 5 N–H and O–H groups in total. The zero-order valence-electron chi connectivity index (χ0n) is 10.9. The van der Waals surface area contributed by atoms with Gasteiger partial charge in [0.15, 0.2) is 0 Å². The number of nitrogen functional groups attached to an aromatic ring is 1. The molecule has 10 nitrogen and oxygen atoms in total. The number of phosphoric acid groups is 1. The number of phosphoric ester groups is 1. The maximum atomic E-state index is 11.7. The van der Waals surface area contributed by atoms with E-state index in [2.05, 4.69) is 9.51 Å². The van der Waals surface area contributed by atoms with Gasteiger partial charge in [0.25, 0.3) is 0 Å². The summed E-state index contributed by atoms with van der Waals surface area (Å²) in [5.41, 5.74) is 4.84. The highest BCUT2D eigenvalue weighted by Crippen LogP contribution is 2.36. The number of hydrogen-bond acceptors (Lipinski definition) is 7. The Morgan fingerprint density at radius 1 is 1.57 bits per heavy atom. The average Bonchev–Trinajstić information content (AvgIpc) is 2.36. The van der Waals surface area contributed by atoms with E-state index in [0.717, 1.165) is 0 Å². The molecule has 21 heavy (non-hydrogen) atoms. The SMILES string of the molecule is Nc1ccn(C2COC(COP(=O)(O)O)C(O)C2)c(=O)n1. The maximum absolute atomic E-state index is 11.7. The number of aliphatic hydroxyl groups excluding tert-OH is 1. The second-order valence-corrected chi connectivity index (χ2v) is 5.90. The lowest BCUT2D eigenvalue weighted by Gasteiger charge is -2.33. The van der Waals surface area contributed by atoms with Crippen LogP contribution in [0.4, 0.5) is 5.82 Å². The molecule has 1 saturated heterocycles. The highest BCUT2D eigenvalue weighted by molar-refractivity contribution is 7.46. The van der Waals surface area contributed by atoms with Gasteiger partial charge in [0.2, 0.25) is 0 Å². The van der Waals surface area contributed by atoms with Crippen molar-refractivity contribution in [1.82, 2.24) is 9.55 Å². The van der Waals surface area contributed by atoms with Gasteiger partial charge in [0, 0.05) is 6.20 Å². The summed E-state index contributed by atoms with van der Waals surface area (Å²) in [7, 11) is -4.62. The lowest BCUT2D eigenvalue weighted by Crippen LogP contribution is -2.44. The van der Waals surface area contributed by atoms with E-state index in [0.29, 0.717) is 0 Å². The molecule has 0 radical (unpaired) electrons. The quantitative estimate of drug-likeness (QED) is 0.491. The molecule has 2 rings (SSSR count). The smallest absolute Gasteiger partial charge is 0.390 e. The van der Waals surface area contributed by atoms with Gasteiger partial charge < -0.3 is 25.4 Å². The normalized spacial score (nSPS) is 26.7. The molecule has 1 aromatic heterocycles. The third kappa shape index (κ3) is 4.34. The Kier molecular flexibility index (Phi) is 4.77. The van der Waals surface area contributed by atoms with Crippen LogP contribution >= 0.6 is 7.82 Å². The summed E-state index contributed by atoms with van der Waals surface area (Å²) in [5.74, 6) is 0.0986. The zero-order valence-corrected chi connectivity index (χ0v) is 11.8. The fourth-order valence-electron chi connectivity index (χ4n) is 2.07. The average molecular weight is 321 g/mol. The number of anilines is 1. The minimum atomic E-state index is -4.62. The molecule has 1 aliphatic rings. The van der Waals surface area contributed by atoms with Gasteiger partial charge >= 0.3 is 13.5 Å². The van der Waals surface area contributed by atoms with Gasteiger partial charge in [0.1, 0.15) is 11.9 Å². The molecule has 1 fully saturated rings. The van der Waals surface area contributed by atoms with Gasteiger partial charge in [-0.2, -0.15) is 4.98 Å². The van der Waals surface area contributed by atoms with Crippen molar-refractivity contribution >= 4 is 13.6 Å². The van der Waals surface area contributed by atoms with E-state index < -0.39 is 38.4 Å². The Labute approximate surface area is 119 Å². The molecule has 118 valence electrons. The van der Waals surface area contributed by atoms with Gasteiger partial charge in [-0.25, -0.2) is 9.36 Å². The Bertz CT molecular complexity index is 601. The van der Waals surface area contributed by atoms with Crippen LogP contribution < -0.4 is 11.4 Å². The first-order valence-electron chi connectivity index (χ1n) is 6.10. The molecular formula is C10H16N3O7P. The van der Waals surface area contributed by atoms with Crippen molar-refractivity contribution in [3.63, 3.8) is 0 Å². The molecule has 1 aromatic rings. The molecule has 0 bridgehead atoms. The van der Waals surface area contributed by atoms with Crippen LogP contribution in [0.25, 0.3) is 0 Å². The van der Waals surface area contributed by atoms with Crippen LogP contribution in [0, 0.1) is 0 Å². The Hall–Kier alpha value is -1.29. The molecule has 3 unspecified atom stereocenters. The van der Waals surface area contributed by atoms with Crippen LogP contribution in [0.5, 0.6) is 0 Å². The van der Waals surface area contributed by atoms with E-state index >= 15 is 0 Å². The van der Waals surface area contributed by atoms with Crippen LogP contribution in [0.15, 0.2) is 17.1 Å². The summed E-state index contributed by atoms with van der Waals surface area (Å²) in [6, 6.07) is 1.02. The number of nitrogens with zero attached hydrogens (tertiary/aromatic N) is 2. The molecule has 1 aliphatic heterocycles. The summed E-state index contributed by atoms with van der Waals surface area (Å²) in [6.07, 6.45) is -0.274. The predicted octanol–water partition coefficient (Wildman–Crippen LogP) is -1.37. The lowest BCUT2D eigenvalue weighted by molar-refractivity contribution is -0.111. The third-order valence-electron chi connectivity index (χ3n) is 3.10. The van der Waals surface area contributed by atoms with Crippen LogP contribution in [0.1, 0.15) is 12.5 Å². The summed E-state index contributed by atoms with van der Waals surface area (Å²) in [4.78, 5) is 32.5. The maximum Gasteiger partial charge on any atom is 0.469 e. The zero-order chi connectivity index (χ0) is 15.6. The molecule has 0 saturated carbocycles. The summed E-state index contributed by atoms with van der Waals surface area (Å²) < 4.78 is 21.5. The first-order chi connectivity index (χ1) is 9.76. The second kappa shape index (κ2) is 6.22. The van der Waals surface area contributed by atoms with Gasteiger partial charge in [-0.05, 0) is 12.5 Å². The molecule has 0 aromatic carbocycles. The van der Waals surface area contributed by atoms with Gasteiger partial charge in [0.05, 0.1) is 25.4 Å². The van der Waals surface area contributed by atoms with Gasteiger partial charge in [-0.3, -0.25) is 9.09 Å². The molecule has 0 amide bonds. The monoisotopic (exact) mass is 321 g/mol. The fourth-order valence-corrected chi connectivity index (χ4v) is 2.41. The van der Waals surface area contributed by atoms with Crippen molar-refractivity contribution < 1.29 is 28.7 Å². The molecule has 3 atom stereocenters. The topological polar surface area (TPSA) is 157 Å². The standard InChI is InChI=1S/C10H16N3O7P/c11-9-1-2-13(10(15)12-9)6-3-7(14)8(19-4-6)5-20-21(16,17)18/h1-2,6-8,14H,3-5H2,(H2,11,12,15)(H2,16,17,18). The largest absolute Gasteiger partial charge is 0.469 e. The van der Waals surface area contributed by atoms with E-state index in [4.69, 9.17) is 20.3 Å². The van der Waals surface area contributed by atoms with Crippen molar-refractivity contribution in [2.75, 3.05) is 18.9 Å². The summed E-state index contributed by atoms with van der Waals surface area (Å²) in [5, 5.41) is 9.92. The molecule has 11 heteroatoms. The van der Waals surface area contributed by atoms with Crippen LogP contribution in [0.3, 0.4) is 0 Å².